The van der Waals surface area contributed by atoms with Gasteiger partial charge < -0.3 is 0 Å². The van der Waals surface area contributed by atoms with Gasteiger partial charge in [0.25, 0.3) is 0 Å². The van der Waals surface area contributed by atoms with Crippen LogP contribution in [0.5, 0.6) is 0 Å². The molecule has 0 aromatic heterocycles. The molecule has 0 aliphatic rings. The fourth-order valence-electron chi connectivity index (χ4n) is 1.74. The minimum atomic E-state index is -4.67. The molecule has 0 saturated heterocycles. The first-order valence-electron chi connectivity index (χ1n) is 7.11. The van der Waals surface area contributed by atoms with Gasteiger partial charge in [0, 0.05) is 0 Å². The molecule has 0 aromatic rings. The van der Waals surface area contributed by atoms with Gasteiger partial charge in [-0.1, -0.05) is 0 Å². The Hall–Kier alpha value is 0.493. The standard InChI is InChI=1S/C8H17.C4H9.H2O4S.Zn/c1-3-5-7-8-6-4-2;1-3-4-2;1-5(2,3)4;/h1,3-8H2,2H3;1,3-4H2,2H3;(H2,1,2,3,4);. The average molecular weight is 334 g/mol. The van der Waals surface area contributed by atoms with Crippen molar-refractivity contribution in [3.05, 3.63) is 0 Å². The number of hydrogen-bond donors (Lipinski definition) is 2. The van der Waals surface area contributed by atoms with E-state index >= 15 is 0 Å². The molecule has 0 aromatic carbocycles. The molecule has 0 atom stereocenters. The molecule has 0 heterocycles. The summed E-state index contributed by atoms with van der Waals surface area (Å²) < 4.78 is 31.6. The third-order valence-electron chi connectivity index (χ3n) is 2.71. The SMILES string of the molecule is CCCCCCC[CH2][Zn][CH2]CCC.O=S(=O)(O)O. The van der Waals surface area contributed by atoms with E-state index in [2.05, 4.69) is 13.8 Å². The van der Waals surface area contributed by atoms with Crippen LogP contribution in [0.2, 0.25) is 10.0 Å². The van der Waals surface area contributed by atoms with Crippen molar-refractivity contribution in [2.24, 2.45) is 0 Å². The Labute approximate surface area is 120 Å². The summed E-state index contributed by atoms with van der Waals surface area (Å²) in [5.74, 6) is 0. The van der Waals surface area contributed by atoms with Gasteiger partial charge in [0.2, 0.25) is 0 Å². The van der Waals surface area contributed by atoms with Crippen LogP contribution in [0.3, 0.4) is 0 Å². The Bertz CT molecular complexity index is 224. The third-order valence-corrected chi connectivity index (χ3v) is 6.90. The molecule has 0 amide bonds. The van der Waals surface area contributed by atoms with Crippen LogP contribution in [0.4, 0.5) is 0 Å². The maximum absolute atomic E-state index is 8.74. The van der Waals surface area contributed by atoms with E-state index < -0.39 is 10.4 Å². The Morgan fingerprint density at radius 3 is 1.67 bits per heavy atom. The molecule has 2 N–H and O–H groups in total. The molecule has 0 saturated carbocycles. The van der Waals surface area contributed by atoms with Crippen LogP contribution in [0, 0.1) is 0 Å². The summed E-state index contributed by atoms with van der Waals surface area (Å²) >= 11 is -0.0287. The van der Waals surface area contributed by atoms with Crippen molar-refractivity contribution >= 4 is 10.4 Å². The second-order valence-electron chi connectivity index (χ2n) is 4.63. The molecule has 0 rings (SSSR count). The fourth-order valence-corrected chi connectivity index (χ4v) is 5.75. The monoisotopic (exact) mass is 332 g/mol. The van der Waals surface area contributed by atoms with Gasteiger partial charge in [-0.05, 0) is 0 Å². The van der Waals surface area contributed by atoms with Crippen molar-refractivity contribution < 1.29 is 34.6 Å². The van der Waals surface area contributed by atoms with Crippen LogP contribution in [0.1, 0.15) is 65.2 Å². The van der Waals surface area contributed by atoms with Crippen LogP contribution in [-0.2, 0) is 27.5 Å². The van der Waals surface area contributed by atoms with E-state index in [4.69, 9.17) is 17.5 Å². The quantitative estimate of drug-likeness (QED) is 0.352. The van der Waals surface area contributed by atoms with Gasteiger partial charge in [0.1, 0.15) is 0 Å². The van der Waals surface area contributed by atoms with Crippen molar-refractivity contribution in [2.75, 3.05) is 0 Å². The van der Waals surface area contributed by atoms with E-state index in [1.807, 2.05) is 0 Å². The van der Waals surface area contributed by atoms with Gasteiger partial charge in [0.05, 0.1) is 0 Å². The van der Waals surface area contributed by atoms with Crippen LogP contribution in [0.15, 0.2) is 0 Å². The first-order valence-corrected chi connectivity index (χ1v) is 12.7. The zero-order valence-corrected chi connectivity index (χ0v) is 15.7. The van der Waals surface area contributed by atoms with Crippen molar-refractivity contribution in [1.82, 2.24) is 0 Å². The zero-order valence-electron chi connectivity index (χ0n) is 11.9. The molecule has 108 valence electrons. The van der Waals surface area contributed by atoms with Crippen LogP contribution in [-0.4, -0.2) is 17.5 Å². The third kappa shape index (κ3) is 36.0. The molecule has 0 aliphatic carbocycles. The molecule has 0 fully saturated rings. The van der Waals surface area contributed by atoms with Crippen LogP contribution < -0.4 is 0 Å². The largest absolute Gasteiger partial charge is 0.394 e. The van der Waals surface area contributed by atoms with Gasteiger partial charge in [-0.25, -0.2) is 0 Å². The van der Waals surface area contributed by atoms with Crippen LogP contribution in [0.25, 0.3) is 0 Å². The Morgan fingerprint density at radius 1 is 0.778 bits per heavy atom. The molecule has 0 unspecified atom stereocenters. The topological polar surface area (TPSA) is 74.6 Å². The first-order chi connectivity index (χ1) is 8.41. The molecule has 18 heavy (non-hydrogen) atoms. The van der Waals surface area contributed by atoms with E-state index in [0.717, 1.165) is 0 Å². The number of unbranched alkanes of at least 4 members (excludes halogenated alkanes) is 6. The minimum Gasteiger partial charge on any atom is -0.264 e. The first kappa shape index (κ1) is 20.8. The minimum absolute atomic E-state index is 0.0287. The van der Waals surface area contributed by atoms with E-state index in [-0.39, 0.29) is 17.1 Å². The summed E-state index contributed by atoms with van der Waals surface area (Å²) in [5, 5.41) is 3.32. The summed E-state index contributed by atoms with van der Waals surface area (Å²) in [6, 6.07) is 0. The van der Waals surface area contributed by atoms with Crippen LogP contribution >= 0.6 is 0 Å². The summed E-state index contributed by atoms with van der Waals surface area (Å²) in [7, 11) is -4.67. The summed E-state index contributed by atoms with van der Waals surface area (Å²) in [6.45, 7) is 4.60. The molecule has 4 nitrogen and oxygen atoms in total. The fraction of sp³-hybridized carbons (Fsp3) is 1.00. The van der Waals surface area contributed by atoms with Crippen molar-refractivity contribution in [1.29, 1.82) is 0 Å². The summed E-state index contributed by atoms with van der Waals surface area (Å²) in [6.07, 6.45) is 11.9. The number of rotatable bonds is 10. The maximum atomic E-state index is 8.74. The second kappa shape index (κ2) is 15.6. The van der Waals surface area contributed by atoms with E-state index in [1.165, 1.54) is 44.9 Å². The average Bonchev–Trinajstić information content (AvgIpc) is 2.25. The molecule has 0 radical (unpaired) electrons. The molecular formula is C12H28O4SZn. The number of hydrogen-bond acceptors (Lipinski definition) is 2. The van der Waals surface area contributed by atoms with Crippen molar-refractivity contribution in [3.8, 4) is 0 Å². The second-order valence-corrected chi connectivity index (χ2v) is 9.98. The maximum Gasteiger partial charge on any atom is 0.394 e. The van der Waals surface area contributed by atoms with Crippen molar-refractivity contribution in [2.45, 2.75) is 75.2 Å². The smallest absolute Gasteiger partial charge is 0.264 e. The molecule has 0 spiro atoms. The Balaban J connectivity index is 0. The Kier molecular flexibility index (Phi) is 18.0. The molecule has 6 heteroatoms. The van der Waals surface area contributed by atoms with Gasteiger partial charge in [0.15, 0.2) is 0 Å². The zero-order chi connectivity index (χ0) is 14.3. The van der Waals surface area contributed by atoms with Gasteiger partial charge in [-0.3, -0.25) is 9.11 Å². The molecule has 0 aliphatic heterocycles. The summed E-state index contributed by atoms with van der Waals surface area (Å²) in [5.41, 5.74) is 0. The van der Waals surface area contributed by atoms with Crippen molar-refractivity contribution in [3.63, 3.8) is 0 Å². The Morgan fingerprint density at radius 2 is 1.17 bits per heavy atom. The molecule has 0 bridgehead atoms. The van der Waals surface area contributed by atoms with Gasteiger partial charge in [-0.2, -0.15) is 8.42 Å². The van der Waals surface area contributed by atoms with Gasteiger partial charge in [-0.15, -0.1) is 0 Å². The van der Waals surface area contributed by atoms with E-state index in [1.54, 1.807) is 16.5 Å². The summed E-state index contributed by atoms with van der Waals surface area (Å²) in [4.78, 5) is 0. The van der Waals surface area contributed by atoms with E-state index in [9.17, 15) is 0 Å². The predicted octanol–water partition coefficient (Wildman–Crippen LogP) is 4.41. The van der Waals surface area contributed by atoms with E-state index in [0.29, 0.717) is 0 Å². The normalized spacial score (nSPS) is 10.4. The molecular weight excluding hydrogens is 306 g/mol. The van der Waals surface area contributed by atoms with Gasteiger partial charge >= 0.3 is 103 Å². The predicted molar refractivity (Wildman–Crippen MR) is 72.1 cm³/mol.